The Morgan fingerprint density at radius 1 is 1.50 bits per heavy atom. The summed E-state index contributed by atoms with van der Waals surface area (Å²) in [6.45, 7) is 2.43. The van der Waals surface area contributed by atoms with Gasteiger partial charge in [-0.3, -0.25) is 0 Å². The van der Waals surface area contributed by atoms with Crippen LogP contribution in [0.5, 0.6) is 0 Å². The van der Waals surface area contributed by atoms with Crippen LogP contribution in [0.4, 0.5) is 0 Å². The summed E-state index contributed by atoms with van der Waals surface area (Å²) < 4.78 is 1.06. The summed E-state index contributed by atoms with van der Waals surface area (Å²) in [7, 11) is 0. The molecule has 0 N–H and O–H groups in total. The van der Waals surface area contributed by atoms with Gasteiger partial charge in [-0.05, 0) is 35.7 Å². The van der Waals surface area contributed by atoms with Crippen LogP contribution in [0, 0.1) is 6.92 Å². The summed E-state index contributed by atoms with van der Waals surface area (Å²) in [5.41, 5.74) is 10.4. The van der Waals surface area contributed by atoms with Crippen LogP contribution in [0.1, 0.15) is 11.1 Å². The molecule has 1 aromatic rings. The second-order valence-electron chi connectivity index (χ2n) is 2.88. The smallest absolute Gasteiger partial charge is 0.0443 e. The highest BCUT2D eigenvalue weighted by atomic mass is 79.9. The van der Waals surface area contributed by atoms with Gasteiger partial charge in [0.1, 0.15) is 0 Å². The van der Waals surface area contributed by atoms with E-state index in [4.69, 9.17) is 5.53 Å². The van der Waals surface area contributed by atoms with Gasteiger partial charge in [0.05, 0.1) is 0 Å². The van der Waals surface area contributed by atoms with Crippen molar-refractivity contribution in [3.63, 3.8) is 0 Å². The minimum Gasteiger partial charge on any atom is -0.0899 e. The van der Waals surface area contributed by atoms with E-state index in [1.165, 1.54) is 5.56 Å². The van der Waals surface area contributed by atoms with Crippen LogP contribution >= 0.6 is 15.9 Å². The number of nitrogens with zero attached hydrogens (tertiary/aromatic N) is 3. The van der Waals surface area contributed by atoms with Crippen molar-refractivity contribution in [2.45, 2.75) is 6.92 Å². The number of rotatable bonds is 3. The van der Waals surface area contributed by atoms with Gasteiger partial charge in [0.2, 0.25) is 0 Å². The Bertz CT molecular complexity index is 372. The van der Waals surface area contributed by atoms with Crippen LogP contribution < -0.4 is 0 Å². The van der Waals surface area contributed by atoms with Crippen molar-refractivity contribution in [2.24, 2.45) is 5.11 Å². The third-order valence-corrected chi connectivity index (χ3v) is 2.08. The molecule has 0 unspecified atom stereocenters. The van der Waals surface area contributed by atoms with Crippen LogP contribution in [0.2, 0.25) is 0 Å². The average Bonchev–Trinajstić information content (AvgIpc) is 2.11. The Balaban J connectivity index is 2.75. The number of hydrogen-bond donors (Lipinski definition) is 0. The summed E-state index contributed by atoms with van der Waals surface area (Å²) in [6, 6.07) is 6.13. The molecule has 1 aromatic carbocycles. The van der Waals surface area contributed by atoms with E-state index < -0.39 is 0 Å². The number of hydrogen-bond acceptors (Lipinski definition) is 1. The van der Waals surface area contributed by atoms with Gasteiger partial charge >= 0.3 is 0 Å². The minimum atomic E-state index is 0.391. The van der Waals surface area contributed by atoms with Crippen molar-refractivity contribution in [1.29, 1.82) is 0 Å². The van der Waals surface area contributed by atoms with Gasteiger partial charge in [0, 0.05) is 15.9 Å². The zero-order valence-electron chi connectivity index (χ0n) is 7.81. The monoisotopic (exact) mass is 251 g/mol. The zero-order chi connectivity index (χ0) is 10.4. The zero-order valence-corrected chi connectivity index (χ0v) is 9.40. The molecule has 0 aliphatic heterocycles. The molecule has 1 rings (SSSR count). The van der Waals surface area contributed by atoms with Gasteiger partial charge in [0.25, 0.3) is 0 Å². The first kappa shape index (κ1) is 10.8. The first-order valence-electron chi connectivity index (χ1n) is 4.17. The quantitative estimate of drug-likeness (QED) is 0.442. The number of aryl methyl sites for hydroxylation is 1. The Labute approximate surface area is 91.2 Å². The molecule has 0 saturated heterocycles. The van der Waals surface area contributed by atoms with Gasteiger partial charge in [0.15, 0.2) is 0 Å². The lowest BCUT2D eigenvalue weighted by molar-refractivity contribution is 1.22. The van der Waals surface area contributed by atoms with Crippen LogP contribution in [-0.4, -0.2) is 6.54 Å². The summed E-state index contributed by atoms with van der Waals surface area (Å²) >= 11 is 3.42. The van der Waals surface area contributed by atoms with Crippen molar-refractivity contribution < 1.29 is 0 Å². The molecule has 0 aromatic heterocycles. The minimum absolute atomic E-state index is 0.391. The van der Waals surface area contributed by atoms with Crippen LogP contribution in [0.25, 0.3) is 16.5 Å². The molecule has 0 atom stereocenters. The Morgan fingerprint density at radius 3 is 2.93 bits per heavy atom. The van der Waals surface area contributed by atoms with Crippen LogP contribution in [0.3, 0.4) is 0 Å². The average molecular weight is 252 g/mol. The predicted octanol–water partition coefficient (Wildman–Crippen LogP) is 4.08. The van der Waals surface area contributed by atoms with E-state index in [-0.39, 0.29) is 0 Å². The lowest BCUT2D eigenvalue weighted by Crippen LogP contribution is -1.77. The highest BCUT2D eigenvalue weighted by molar-refractivity contribution is 9.10. The number of azide groups is 1. The number of benzene rings is 1. The topological polar surface area (TPSA) is 48.8 Å². The molecule has 0 aliphatic carbocycles. The van der Waals surface area contributed by atoms with Gasteiger partial charge in [-0.25, -0.2) is 0 Å². The SMILES string of the molecule is Cc1cc(Br)cc(C=CCN=[N+]=[N-])c1. The second kappa shape index (κ2) is 5.47. The first-order chi connectivity index (χ1) is 6.72. The van der Waals surface area contributed by atoms with Gasteiger partial charge < -0.3 is 0 Å². The molecule has 0 saturated carbocycles. The summed E-state index contributed by atoms with van der Waals surface area (Å²) in [5.74, 6) is 0. The molecule has 0 amide bonds. The molecule has 3 nitrogen and oxygen atoms in total. The molecular formula is C10H10BrN3. The van der Waals surface area contributed by atoms with Crippen molar-refractivity contribution in [2.75, 3.05) is 6.54 Å². The van der Waals surface area contributed by atoms with E-state index >= 15 is 0 Å². The molecule has 72 valence electrons. The third kappa shape index (κ3) is 3.64. The molecular weight excluding hydrogens is 242 g/mol. The van der Waals surface area contributed by atoms with E-state index in [9.17, 15) is 0 Å². The fraction of sp³-hybridized carbons (Fsp3) is 0.200. The predicted molar refractivity (Wildman–Crippen MR) is 61.9 cm³/mol. The number of halogens is 1. The van der Waals surface area contributed by atoms with Gasteiger partial charge in [-0.15, -0.1) is 0 Å². The molecule has 4 heteroatoms. The van der Waals surface area contributed by atoms with Gasteiger partial charge in [-0.1, -0.05) is 39.3 Å². The van der Waals surface area contributed by atoms with Crippen LogP contribution in [0.15, 0.2) is 33.9 Å². The molecule has 0 radical (unpaired) electrons. The molecule has 0 fully saturated rings. The normalized spacial score (nSPS) is 10.1. The largest absolute Gasteiger partial charge is 0.0899 e. The lowest BCUT2D eigenvalue weighted by atomic mass is 10.1. The summed E-state index contributed by atoms with van der Waals surface area (Å²) in [5, 5.41) is 3.41. The van der Waals surface area contributed by atoms with Crippen molar-refractivity contribution in [3.8, 4) is 0 Å². The molecule has 14 heavy (non-hydrogen) atoms. The van der Waals surface area contributed by atoms with E-state index in [0.717, 1.165) is 10.0 Å². The fourth-order valence-corrected chi connectivity index (χ4v) is 1.76. The third-order valence-electron chi connectivity index (χ3n) is 1.63. The standard InChI is InChI=1S/C10H10BrN3/c1-8-5-9(7-10(11)6-8)3-2-4-13-14-12/h2-3,5-7H,4H2,1H3. The Kier molecular flexibility index (Phi) is 4.23. The highest BCUT2D eigenvalue weighted by Gasteiger charge is 1.91. The maximum Gasteiger partial charge on any atom is 0.0443 e. The first-order valence-corrected chi connectivity index (χ1v) is 4.96. The fourth-order valence-electron chi connectivity index (χ4n) is 1.13. The van der Waals surface area contributed by atoms with Crippen molar-refractivity contribution in [1.82, 2.24) is 0 Å². The van der Waals surface area contributed by atoms with E-state index in [1.54, 1.807) is 0 Å². The van der Waals surface area contributed by atoms with Crippen LogP contribution in [-0.2, 0) is 0 Å². The van der Waals surface area contributed by atoms with E-state index in [2.05, 4.69) is 32.0 Å². The molecule has 0 spiro atoms. The summed E-state index contributed by atoms with van der Waals surface area (Å²) in [4.78, 5) is 2.67. The van der Waals surface area contributed by atoms with E-state index in [0.29, 0.717) is 6.54 Å². The maximum absolute atomic E-state index is 8.07. The molecule has 0 heterocycles. The van der Waals surface area contributed by atoms with Gasteiger partial charge in [-0.2, -0.15) is 0 Å². The Morgan fingerprint density at radius 2 is 2.29 bits per heavy atom. The van der Waals surface area contributed by atoms with E-state index in [1.807, 2.05) is 31.2 Å². The summed E-state index contributed by atoms with van der Waals surface area (Å²) in [6.07, 6.45) is 3.77. The molecule has 0 bridgehead atoms. The second-order valence-corrected chi connectivity index (χ2v) is 3.79. The Hall–Kier alpha value is -1.25. The highest BCUT2D eigenvalue weighted by Crippen LogP contribution is 2.16. The lowest BCUT2D eigenvalue weighted by Gasteiger charge is -1.97. The molecule has 0 aliphatic rings. The van der Waals surface area contributed by atoms with Crippen molar-refractivity contribution in [3.05, 3.63) is 50.3 Å². The maximum atomic E-state index is 8.07. The van der Waals surface area contributed by atoms with Crippen molar-refractivity contribution >= 4 is 22.0 Å².